The van der Waals surface area contributed by atoms with Gasteiger partial charge in [-0.05, 0) is 49.7 Å². The SMILES string of the molecule is CCc1c(C)c2cc3c(oc(=S)n3C/C=C\c3ccccc3)c(C)c2oc1=O. The highest BCUT2D eigenvalue weighted by molar-refractivity contribution is 7.71. The van der Waals surface area contributed by atoms with E-state index < -0.39 is 0 Å². The zero-order valence-electron chi connectivity index (χ0n) is 16.1. The number of aryl methyl sites for hydroxylation is 2. The van der Waals surface area contributed by atoms with Gasteiger partial charge in [-0.2, -0.15) is 0 Å². The number of allylic oxidation sites excluding steroid dienone is 1. The van der Waals surface area contributed by atoms with E-state index in [9.17, 15) is 4.79 Å². The van der Waals surface area contributed by atoms with E-state index in [0.717, 1.165) is 27.6 Å². The lowest BCUT2D eigenvalue weighted by Gasteiger charge is -2.09. The molecule has 0 spiro atoms. The molecule has 2 aromatic heterocycles. The Bertz CT molecular complexity index is 1320. The van der Waals surface area contributed by atoms with Gasteiger partial charge in [0.05, 0.1) is 5.52 Å². The summed E-state index contributed by atoms with van der Waals surface area (Å²) in [7, 11) is 0. The largest absolute Gasteiger partial charge is 0.429 e. The van der Waals surface area contributed by atoms with Gasteiger partial charge in [-0.25, -0.2) is 4.79 Å². The van der Waals surface area contributed by atoms with E-state index in [1.54, 1.807) is 0 Å². The van der Waals surface area contributed by atoms with Crippen molar-refractivity contribution >= 4 is 40.4 Å². The van der Waals surface area contributed by atoms with Gasteiger partial charge in [0.15, 0.2) is 5.58 Å². The minimum absolute atomic E-state index is 0.279. The first-order chi connectivity index (χ1) is 13.5. The molecule has 0 atom stereocenters. The Balaban J connectivity index is 1.88. The normalized spacial score (nSPS) is 11.8. The van der Waals surface area contributed by atoms with Gasteiger partial charge < -0.3 is 8.83 Å². The highest BCUT2D eigenvalue weighted by Gasteiger charge is 2.17. The van der Waals surface area contributed by atoms with Crippen LogP contribution in [0.5, 0.6) is 0 Å². The average molecular weight is 391 g/mol. The number of hydrogen-bond acceptors (Lipinski definition) is 4. The molecule has 0 radical (unpaired) electrons. The third-order valence-corrected chi connectivity index (χ3v) is 5.49. The van der Waals surface area contributed by atoms with E-state index in [0.29, 0.717) is 34.5 Å². The molecule has 2 aromatic carbocycles. The third kappa shape index (κ3) is 3.02. The number of fused-ring (bicyclic) bond motifs is 2. The second kappa shape index (κ2) is 7.24. The molecule has 0 saturated carbocycles. The summed E-state index contributed by atoms with van der Waals surface area (Å²) >= 11 is 5.46. The van der Waals surface area contributed by atoms with E-state index in [1.165, 1.54) is 0 Å². The summed E-state index contributed by atoms with van der Waals surface area (Å²) in [5.74, 6) is 0. The lowest BCUT2D eigenvalue weighted by molar-refractivity contribution is 0.538. The highest BCUT2D eigenvalue weighted by atomic mass is 32.1. The van der Waals surface area contributed by atoms with Crippen LogP contribution in [0.2, 0.25) is 0 Å². The van der Waals surface area contributed by atoms with Gasteiger partial charge in [0, 0.05) is 23.1 Å². The summed E-state index contributed by atoms with van der Waals surface area (Å²) in [6, 6.07) is 12.1. The maximum Gasteiger partial charge on any atom is 0.339 e. The Morgan fingerprint density at radius 2 is 1.82 bits per heavy atom. The number of oxazole rings is 1. The molecular formula is C23H21NO3S. The molecule has 28 heavy (non-hydrogen) atoms. The smallest absolute Gasteiger partial charge is 0.339 e. The van der Waals surface area contributed by atoms with Crippen LogP contribution in [0, 0.1) is 18.7 Å². The Morgan fingerprint density at radius 3 is 2.54 bits per heavy atom. The summed E-state index contributed by atoms with van der Waals surface area (Å²) in [4.78, 5) is 12.7. The van der Waals surface area contributed by atoms with Crippen LogP contribution >= 0.6 is 12.2 Å². The number of benzene rings is 2. The van der Waals surface area contributed by atoms with Crippen LogP contribution in [-0.2, 0) is 13.0 Å². The fourth-order valence-corrected chi connectivity index (χ4v) is 3.91. The van der Waals surface area contributed by atoms with Gasteiger partial charge in [0.25, 0.3) is 4.84 Å². The lowest BCUT2D eigenvalue weighted by Crippen LogP contribution is -2.09. The van der Waals surface area contributed by atoms with Crippen molar-refractivity contribution < 1.29 is 8.83 Å². The van der Waals surface area contributed by atoms with Gasteiger partial charge in [0.1, 0.15) is 5.58 Å². The zero-order chi connectivity index (χ0) is 19.8. The first-order valence-corrected chi connectivity index (χ1v) is 9.73. The fraction of sp³-hybridized carbons (Fsp3) is 0.217. The van der Waals surface area contributed by atoms with Crippen LogP contribution in [0.1, 0.15) is 29.2 Å². The topological polar surface area (TPSA) is 48.3 Å². The van der Waals surface area contributed by atoms with Gasteiger partial charge >= 0.3 is 5.63 Å². The van der Waals surface area contributed by atoms with Crippen molar-refractivity contribution in [2.24, 2.45) is 0 Å². The van der Waals surface area contributed by atoms with Gasteiger partial charge in [-0.3, -0.25) is 4.57 Å². The van der Waals surface area contributed by atoms with Crippen molar-refractivity contribution in [2.75, 3.05) is 0 Å². The van der Waals surface area contributed by atoms with Gasteiger partial charge in [-0.15, -0.1) is 0 Å². The molecule has 0 aliphatic carbocycles. The van der Waals surface area contributed by atoms with Crippen molar-refractivity contribution in [1.82, 2.24) is 4.57 Å². The van der Waals surface area contributed by atoms with Crippen LogP contribution in [0.25, 0.3) is 28.1 Å². The molecule has 0 N–H and O–H groups in total. The number of aromatic nitrogens is 1. The maximum absolute atomic E-state index is 12.3. The molecule has 4 aromatic rings. The Labute approximate surface area is 167 Å². The number of nitrogens with zero attached hydrogens (tertiary/aromatic N) is 1. The van der Waals surface area contributed by atoms with E-state index in [4.69, 9.17) is 21.1 Å². The first-order valence-electron chi connectivity index (χ1n) is 9.32. The van der Waals surface area contributed by atoms with Crippen LogP contribution in [0.15, 0.2) is 56.1 Å². The van der Waals surface area contributed by atoms with Crippen LogP contribution < -0.4 is 5.63 Å². The molecule has 0 fully saturated rings. The standard InChI is InChI=1S/C23H21NO3S/c1-4-17-14(2)18-13-19-21(15(3)20(18)26-22(17)25)27-23(28)24(19)12-8-11-16-9-6-5-7-10-16/h5-11,13H,4,12H2,1-3H3/b11-8-. The Hall–Kier alpha value is -2.92. The summed E-state index contributed by atoms with van der Waals surface area (Å²) in [6.45, 7) is 6.44. The molecule has 4 nitrogen and oxygen atoms in total. The molecule has 0 amide bonds. The fourth-order valence-electron chi connectivity index (χ4n) is 3.66. The lowest BCUT2D eigenvalue weighted by atomic mass is 10.0. The summed E-state index contributed by atoms with van der Waals surface area (Å²) < 4.78 is 13.4. The molecule has 4 rings (SSSR count). The van der Waals surface area contributed by atoms with Gasteiger partial charge in [0.2, 0.25) is 0 Å². The Kier molecular flexibility index (Phi) is 4.77. The molecule has 0 unspecified atom stereocenters. The zero-order valence-corrected chi connectivity index (χ0v) is 16.9. The molecule has 0 aliphatic rings. The summed E-state index contributed by atoms with van der Waals surface area (Å²) in [6.07, 6.45) is 4.77. The third-order valence-electron chi connectivity index (χ3n) is 5.19. The predicted molar refractivity (Wildman–Crippen MR) is 115 cm³/mol. The second-order valence-electron chi connectivity index (χ2n) is 6.86. The second-order valence-corrected chi connectivity index (χ2v) is 7.21. The van der Waals surface area contributed by atoms with E-state index in [1.807, 2.05) is 49.6 Å². The van der Waals surface area contributed by atoms with Crippen molar-refractivity contribution in [2.45, 2.75) is 33.7 Å². The molecule has 0 saturated heterocycles. The molecular weight excluding hydrogens is 370 g/mol. The van der Waals surface area contributed by atoms with Crippen molar-refractivity contribution in [1.29, 1.82) is 0 Å². The summed E-state index contributed by atoms with van der Waals surface area (Å²) in [5, 5.41) is 0.929. The van der Waals surface area contributed by atoms with Crippen LogP contribution in [0.3, 0.4) is 0 Å². The van der Waals surface area contributed by atoms with Crippen molar-refractivity contribution in [3.05, 3.63) is 80.0 Å². The molecule has 2 heterocycles. The first kappa shape index (κ1) is 18.4. The quantitative estimate of drug-likeness (QED) is 0.318. The monoisotopic (exact) mass is 391 g/mol. The highest BCUT2D eigenvalue weighted by Crippen LogP contribution is 2.31. The van der Waals surface area contributed by atoms with Crippen LogP contribution in [0.4, 0.5) is 0 Å². The van der Waals surface area contributed by atoms with E-state index in [-0.39, 0.29) is 5.63 Å². The van der Waals surface area contributed by atoms with E-state index in [2.05, 4.69) is 24.3 Å². The minimum Gasteiger partial charge on any atom is -0.429 e. The predicted octanol–water partition coefficient (Wildman–Crippen LogP) is 5.96. The Morgan fingerprint density at radius 1 is 1.07 bits per heavy atom. The van der Waals surface area contributed by atoms with Crippen molar-refractivity contribution in [3.8, 4) is 0 Å². The van der Waals surface area contributed by atoms with Crippen LogP contribution in [-0.4, -0.2) is 4.57 Å². The van der Waals surface area contributed by atoms with E-state index >= 15 is 0 Å². The average Bonchev–Trinajstić information content (AvgIpc) is 3.00. The number of rotatable bonds is 4. The summed E-state index contributed by atoms with van der Waals surface area (Å²) in [5.41, 5.74) is 5.47. The minimum atomic E-state index is -0.279. The molecule has 5 heteroatoms. The van der Waals surface area contributed by atoms with Crippen molar-refractivity contribution in [3.63, 3.8) is 0 Å². The maximum atomic E-state index is 12.3. The number of hydrogen-bond donors (Lipinski definition) is 0. The molecule has 0 aliphatic heterocycles. The van der Waals surface area contributed by atoms with Gasteiger partial charge in [-0.1, -0.05) is 49.4 Å². The molecule has 142 valence electrons. The molecule has 0 bridgehead atoms.